The summed E-state index contributed by atoms with van der Waals surface area (Å²) in [5, 5.41) is 2.14. The second kappa shape index (κ2) is 7.79. The second-order valence-corrected chi connectivity index (χ2v) is 6.76. The van der Waals surface area contributed by atoms with E-state index in [0.717, 1.165) is 26.5 Å². The van der Waals surface area contributed by atoms with E-state index >= 15 is 0 Å². The van der Waals surface area contributed by atoms with Crippen molar-refractivity contribution >= 4 is 38.3 Å². The quantitative estimate of drug-likeness (QED) is 0.578. The maximum absolute atomic E-state index is 12.4. The lowest BCUT2D eigenvalue weighted by molar-refractivity contribution is -0.116. The molecule has 0 saturated heterocycles. The molecular formula is C21H20BrNO3. The monoisotopic (exact) mass is 413 g/mol. The van der Waals surface area contributed by atoms with E-state index in [0.29, 0.717) is 18.0 Å². The molecule has 0 aliphatic carbocycles. The van der Waals surface area contributed by atoms with Crippen molar-refractivity contribution in [2.45, 2.75) is 13.5 Å². The smallest absolute Gasteiger partial charge is 0.224 e. The zero-order valence-corrected chi connectivity index (χ0v) is 16.5. The molecule has 3 aromatic carbocycles. The molecule has 26 heavy (non-hydrogen) atoms. The molecule has 0 bridgehead atoms. The third-order valence-electron chi connectivity index (χ3n) is 4.32. The molecule has 5 heteroatoms. The molecule has 0 atom stereocenters. The van der Waals surface area contributed by atoms with Gasteiger partial charge in [0.25, 0.3) is 0 Å². The van der Waals surface area contributed by atoms with E-state index in [9.17, 15) is 4.79 Å². The van der Waals surface area contributed by atoms with E-state index < -0.39 is 0 Å². The van der Waals surface area contributed by atoms with Gasteiger partial charge in [-0.1, -0.05) is 52.3 Å². The van der Waals surface area contributed by atoms with Crippen LogP contribution < -0.4 is 14.4 Å². The molecule has 0 spiro atoms. The molecule has 0 aliphatic rings. The van der Waals surface area contributed by atoms with Gasteiger partial charge < -0.3 is 14.4 Å². The van der Waals surface area contributed by atoms with E-state index in [2.05, 4.69) is 15.9 Å². The fraction of sp³-hybridized carbons (Fsp3) is 0.190. The van der Waals surface area contributed by atoms with E-state index in [-0.39, 0.29) is 5.91 Å². The maximum Gasteiger partial charge on any atom is 0.224 e. The highest BCUT2D eigenvalue weighted by Gasteiger charge is 2.18. The highest BCUT2D eigenvalue weighted by Crippen LogP contribution is 2.35. The molecule has 0 N–H and O–H groups in total. The summed E-state index contributed by atoms with van der Waals surface area (Å²) >= 11 is 3.58. The first kappa shape index (κ1) is 18.3. The Labute approximate surface area is 161 Å². The molecule has 0 heterocycles. The standard InChI is InChI=1S/C21H20BrNO3/c1-14(24)23(19-10-6-8-15-7-4-5-9-17(15)19)13-16-11-20(25-2)21(26-3)12-18(16)22/h4-12H,13H2,1-3H3. The fourth-order valence-electron chi connectivity index (χ4n) is 3.00. The second-order valence-electron chi connectivity index (χ2n) is 5.90. The number of benzene rings is 3. The molecule has 0 unspecified atom stereocenters. The highest BCUT2D eigenvalue weighted by molar-refractivity contribution is 9.10. The lowest BCUT2D eigenvalue weighted by atomic mass is 10.1. The van der Waals surface area contributed by atoms with Crippen molar-refractivity contribution < 1.29 is 14.3 Å². The van der Waals surface area contributed by atoms with Gasteiger partial charge in [0.05, 0.1) is 26.5 Å². The summed E-state index contributed by atoms with van der Waals surface area (Å²) in [7, 11) is 3.20. The highest BCUT2D eigenvalue weighted by atomic mass is 79.9. The van der Waals surface area contributed by atoms with Crippen molar-refractivity contribution in [2.24, 2.45) is 0 Å². The Morgan fingerprint density at radius 3 is 2.35 bits per heavy atom. The number of nitrogens with zero attached hydrogens (tertiary/aromatic N) is 1. The summed E-state index contributed by atoms with van der Waals surface area (Å²) in [4.78, 5) is 14.2. The summed E-state index contributed by atoms with van der Waals surface area (Å²) in [6.07, 6.45) is 0. The summed E-state index contributed by atoms with van der Waals surface area (Å²) < 4.78 is 11.6. The Hall–Kier alpha value is -2.53. The number of hydrogen-bond donors (Lipinski definition) is 0. The van der Waals surface area contributed by atoms with Gasteiger partial charge in [-0.15, -0.1) is 0 Å². The molecule has 4 nitrogen and oxygen atoms in total. The van der Waals surface area contributed by atoms with Gasteiger partial charge in [-0.25, -0.2) is 0 Å². The number of rotatable bonds is 5. The van der Waals surface area contributed by atoms with Crippen molar-refractivity contribution in [2.75, 3.05) is 19.1 Å². The molecule has 134 valence electrons. The van der Waals surface area contributed by atoms with Gasteiger partial charge in [-0.3, -0.25) is 4.79 Å². The molecule has 0 aliphatic heterocycles. The van der Waals surface area contributed by atoms with Crippen LogP contribution in [0.2, 0.25) is 0 Å². The number of carbonyl (C=O) groups excluding carboxylic acids is 1. The van der Waals surface area contributed by atoms with Crippen molar-refractivity contribution in [3.8, 4) is 11.5 Å². The van der Waals surface area contributed by atoms with E-state index in [1.54, 1.807) is 26.0 Å². The minimum Gasteiger partial charge on any atom is -0.493 e. The Bertz CT molecular complexity index is 950. The molecule has 0 fully saturated rings. The van der Waals surface area contributed by atoms with Crippen molar-refractivity contribution in [1.29, 1.82) is 0 Å². The number of methoxy groups -OCH3 is 2. The number of ether oxygens (including phenoxy) is 2. The van der Waals surface area contributed by atoms with E-state index in [1.165, 1.54) is 0 Å². The van der Waals surface area contributed by atoms with Crippen molar-refractivity contribution in [3.63, 3.8) is 0 Å². The van der Waals surface area contributed by atoms with Crippen molar-refractivity contribution in [3.05, 3.63) is 64.6 Å². The van der Waals surface area contributed by atoms with Gasteiger partial charge in [0.15, 0.2) is 11.5 Å². The molecule has 1 amide bonds. The zero-order valence-electron chi connectivity index (χ0n) is 15.0. The predicted molar refractivity (Wildman–Crippen MR) is 108 cm³/mol. The van der Waals surface area contributed by atoms with Crippen LogP contribution in [0.4, 0.5) is 5.69 Å². The van der Waals surface area contributed by atoms with Crippen LogP contribution in [0.5, 0.6) is 11.5 Å². The summed E-state index contributed by atoms with van der Waals surface area (Å²) in [6, 6.07) is 17.8. The number of halogens is 1. The van der Waals surface area contributed by atoms with E-state index in [1.807, 2.05) is 54.6 Å². The van der Waals surface area contributed by atoms with Crippen LogP contribution in [0, 0.1) is 0 Å². The van der Waals surface area contributed by atoms with Gasteiger partial charge in [0.2, 0.25) is 5.91 Å². The predicted octanol–water partition coefficient (Wildman–Crippen LogP) is 5.17. The Morgan fingerprint density at radius 2 is 1.65 bits per heavy atom. The van der Waals surface area contributed by atoms with Crippen LogP contribution in [0.1, 0.15) is 12.5 Å². The van der Waals surface area contributed by atoms with Gasteiger partial charge in [0.1, 0.15) is 0 Å². The Kier molecular flexibility index (Phi) is 5.47. The molecule has 0 aromatic heterocycles. The fourth-order valence-corrected chi connectivity index (χ4v) is 3.45. The van der Waals surface area contributed by atoms with Crippen LogP contribution in [0.15, 0.2) is 59.1 Å². The summed E-state index contributed by atoms with van der Waals surface area (Å²) in [6.45, 7) is 2.00. The van der Waals surface area contributed by atoms with E-state index in [4.69, 9.17) is 9.47 Å². The lowest BCUT2D eigenvalue weighted by Crippen LogP contribution is -2.28. The Morgan fingerprint density at radius 1 is 1.00 bits per heavy atom. The molecular weight excluding hydrogens is 394 g/mol. The topological polar surface area (TPSA) is 38.8 Å². The minimum absolute atomic E-state index is 0.0250. The largest absolute Gasteiger partial charge is 0.493 e. The van der Waals surface area contributed by atoms with Crippen LogP contribution >= 0.6 is 15.9 Å². The number of hydrogen-bond acceptors (Lipinski definition) is 3. The summed E-state index contributed by atoms with van der Waals surface area (Å²) in [5.74, 6) is 1.25. The third-order valence-corrected chi connectivity index (χ3v) is 5.06. The first-order chi connectivity index (χ1) is 12.5. The van der Waals surface area contributed by atoms with Crippen molar-refractivity contribution in [1.82, 2.24) is 0 Å². The molecule has 0 saturated carbocycles. The van der Waals surface area contributed by atoms with Crippen LogP contribution in [0.3, 0.4) is 0 Å². The van der Waals surface area contributed by atoms with Crippen LogP contribution in [0.25, 0.3) is 10.8 Å². The van der Waals surface area contributed by atoms with Gasteiger partial charge in [0, 0.05) is 16.8 Å². The normalized spacial score (nSPS) is 10.6. The summed E-state index contributed by atoms with van der Waals surface area (Å²) in [5.41, 5.74) is 1.82. The lowest BCUT2D eigenvalue weighted by Gasteiger charge is -2.24. The SMILES string of the molecule is COc1cc(Br)c(CN(C(C)=O)c2cccc3ccccc23)cc1OC. The maximum atomic E-state index is 12.4. The number of fused-ring (bicyclic) bond motifs is 1. The minimum atomic E-state index is -0.0250. The van der Waals surface area contributed by atoms with Gasteiger partial charge in [-0.05, 0) is 29.1 Å². The number of amides is 1. The third kappa shape index (κ3) is 3.53. The number of anilines is 1. The molecule has 0 radical (unpaired) electrons. The zero-order chi connectivity index (χ0) is 18.7. The average Bonchev–Trinajstić information content (AvgIpc) is 2.66. The van der Waals surface area contributed by atoms with Crippen LogP contribution in [-0.2, 0) is 11.3 Å². The molecule has 3 rings (SSSR count). The van der Waals surface area contributed by atoms with Crippen LogP contribution in [-0.4, -0.2) is 20.1 Å². The van der Waals surface area contributed by atoms with Gasteiger partial charge in [-0.2, -0.15) is 0 Å². The van der Waals surface area contributed by atoms with Gasteiger partial charge >= 0.3 is 0 Å². The number of carbonyl (C=O) groups is 1. The first-order valence-electron chi connectivity index (χ1n) is 8.21. The average molecular weight is 414 g/mol. The Balaban J connectivity index is 2.06. The first-order valence-corrected chi connectivity index (χ1v) is 9.00. The molecule has 3 aromatic rings.